The molecule has 0 radical (unpaired) electrons. The Hall–Kier alpha value is -2.16. The summed E-state index contributed by atoms with van der Waals surface area (Å²) in [5.41, 5.74) is 0.909. The molecule has 2 saturated heterocycles. The van der Waals surface area contributed by atoms with Gasteiger partial charge < -0.3 is 19.9 Å². The first-order chi connectivity index (χ1) is 17.4. The zero-order valence-electron chi connectivity index (χ0n) is 22.3. The van der Waals surface area contributed by atoms with Gasteiger partial charge in [-0.2, -0.15) is 0 Å². The highest BCUT2D eigenvalue weighted by atomic mass is 35.5. The molecular formula is C28H37ClFN3O3S. The van der Waals surface area contributed by atoms with Crippen LogP contribution in [0.1, 0.15) is 75.0 Å². The summed E-state index contributed by atoms with van der Waals surface area (Å²) >= 11 is 7.74. The summed E-state index contributed by atoms with van der Waals surface area (Å²) in [4.78, 5) is 30.6. The number of ether oxygens (including phenoxy) is 1. The molecular weight excluding hydrogens is 513 g/mol. The van der Waals surface area contributed by atoms with Gasteiger partial charge in [-0.3, -0.25) is 4.79 Å². The van der Waals surface area contributed by atoms with E-state index in [1.165, 1.54) is 11.3 Å². The first kappa shape index (κ1) is 27.9. The lowest BCUT2D eigenvalue weighted by molar-refractivity contribution is 0.0502. The Kier molecular flexibility index (Phi) is 8.51. The molecule has 0 saturated carbocycles. The summed E-state index contributed by atoms with van der Waals surface area (Å²) in [6.07, 6.45) is 2.07. The fourth-order valence-corrected chi connectivity index (χ4v) is 6.46. The third kappa shape index (κ3) is 6.84. The zero-order chi connectivity index (χ0) is 26.9. The zero-order valence-corrected chi connectivity index (χ0v) is 23.8. The Morgan fingerprint density at radius 3 is 2.46 bits per heavy atom. The van der Waals surface area contributed by atoms with Gasteiger partial charge in [0.2, 0.25) is 0 Å². The second-order valence-electron chi connectivity index (χ2n) is 11.3. The Bertz CT molecular complexity index is 1140. The Balaban J connectivity index is 1.40. The number of rotatable bonds is 5. The van der Waals surface area contributed by atoms with Crippen molar-refractivity contribution in [3.63, 3.8) is 0 Å². The van der Waals surface area contributed by atoms with Gasteiger partial charge in [0.25, 0.3) is 5.91 Å². The fraction of sp³-hybridized carbons (Fsp3) is 0.571. The molecule has 6 nitrogen and oxygen atoms in total. The molecule has 0 spiro atoms. The summed E-state index contributed by atoms with van der Waals surface area (Å²) in [7, 11) is 0. The van der Waals surface area contributed by atoms with E-state index in [1.54, 1.807) is 17.0 Å². The van der Waals surface area contributed by atoms with Gasteiger partial charge in [0.05, 0.1) is 11.1 Å². The quantitative estimate of drug-likeness (QED) is 0.460. The van der Waals surface area contributed by atoms with Gasteiger partial charge in [-0.15, -0.1) is 11.3 Å². The number of nitrogens with zero attached hydrogens (tertiary/aromatic N) is 2. The lowest BCUT2D eigenvalue weighted by atomic mass is 9.88. The highest BCUT2D eigenvalue weighted by Gasteiger charge is 2.31. The number of nitrogens with one attached hydrogen (secondary N) is 1. The monoisotopic (exact) mass is 549 g/mol. The van der Waals surface area contributed by atoms with E-state index >= 15 is 4.39 Å². The summed E-state index contributed by atoms with van der Waals surface area (Å²) in [5.74, 6) is -0.150. The van der Waals surface area contributed by atoms with E-state index in [1.807, 2.05) is 32.9 Å². The number of thiophene rings is 1. The average Bonchev–Trinajstić information content (AvgIpc) is 3.44. The molecule has 3 heterocycles. The number of piperidine rings is 1. The van der Waals surface area contributed by atoms with Crippen molar-refractivity contribution in [3.05, 3.63) is 45.5 Å². The molecule has 37 heavy (non-hydrogen) atoms. The SMILES string of the molecule is CC(C)N1CCC(c2ccc(-c3cc(Cl)c(C(=O)N4CC[C@H](NC(=O)OC(C)(C)C)C4)s3)cc2F)CC1. The first-order valence-corrected chi connectivity index (χ1v) is 14.2. The van der Waals surface area contributed by atoms with E-state index in [9.17, 15) is 9.59 Å². The van der Waals surface area contributed by atoms with Crippen LogP contribution in [0.3, 0.4) is 0 Å². The van der Waals surface area contributed by atoms with Crippen molar-refractivity contribution in [1.29, 1.82) is 0 Å². The van der Waals surface area contributed by atoms with Crippen LogP contribution in [0.15, 0.2) is 24.3 Å². The van der Waals surface area contributed by atoms with Crippen LogP contribution in [-0.2, 0) is 4.74 Å². The number of hydrogen-bond acceptors (Lipinski definition) is 5. The van der Waals surface area contributed by atoms with Crippen LogP contribution in [0.25, 0.3) is 10.4 Å². The van der Waals surface area contributed by atoms with Crippen molar-refractivity contribution in [3.8, 4) is 10.4 Å². The Labute approximate surface area is 228 Å². The van der Waals surface area contributed by atoms with Crippen LogP contribution in [0.2, 0.25) is 5.02 Å². The molecule has 2 amide bonds. The predicted molar refractivity (Wildman–Crippen MR) is 147 cm³/mol. The molecule has 1 aromatic heterocycles. The molecule has 1 N–H and O–H groups in total. The van der Waals surface area contributed by atoms with Gasteiger partial charge in [0.15, 0.2) is 0 Å². The van der Waals surface area contributed by atoms with Crippen molar-refractivity contribution >= 4 is 34.9 Å². The van der Waals surface area contributed by atoms with Crippen LogP contribution < -0.4 is 5.32 Å². The Morgan fingerprint density at radius 1 is 1.14 bits per heavy atom. The van der Waals surface area contributed by atoms with E-state index in [2.05, 4.69) is 24.1 Å². The molecule has 4 rings (SSSR count). The van der Waals surface area contributed by atoms with E-state index in [0.717, 1.165) is 41.9 Å². The molecule has 9 heteroatoms. The predicted octanol–water partition coefficient (Wildman–Crippen LogP) is 6.53. The van der Waals surface area contributed by atoms with Crippen molar-refractivity contribution in [1.82, 2.24) is 15.1 Å². The van der Waals surface area contributed by atoms with Gasteiger partial charge in [-0.1, -0.05) is 23.7 Å². The highest BCUT2D eigenvalue weighted by molar-refractivity contribution is 7.18. The third-order valence-electron chi connectivity index (χ3n) is 7.06. The third-order valence-corrected chi connectivity index (χ3v) is 8.64. The second-order valence-corrected chi connectivity index (χ2v) is 12.8. The topological polar surface area (TPSA) is 61.9 Å². The van der Waals surface area contributed by atoms with E-state index in [0.29, 0.717) is 35.5 Å². The summed E-state index contributed by atoms with van der Waals surface area (Å²) in [6, 6.07) is 7.47. The lowest BCUT2D eigenvalue weighted by Crippen LogP contribution is -2.41. The van der Waals surface area contributed by atoms with Gasteiger partial charge >= 0.3 is 6.09 Å². The minimum Gasteiger partial charge on any atom is -0.444 e. The summed E-state index contributed by atoms with van der Waals surface area (Å²) < 4.78 is 20.5. The summed E-state index contributed by atoms with van der Waals surface area (Å²) in [6.45, 7) is 12.7. The molecule has 2 fully saturated rings. The first-order valence-electron chi connectivity index (χ1n) is 13.0. The normalized spacial score (nSPS) is 19.5. The highest BCUT2D eigenvalue weighted by Crippen LogP contribution is 2.38. The smallest absolute Gasteiger partial charge is 0.407 e. The second kappa shape index (κ2) is 11.3. The number of hydrogen-bond donors (Lipinski definition) is 1. The number of carbonyl (C=O) groups excluding carboxylic acids is 2. The van der Waals surface area contributed by atoms with E-state index in [4.69, 9.17) is 16.3 Å². The van der Waals surface area contributed by atoms with Gasteiger partial charge in [0.1, 0.15) is 16.3 Å². The maximum atomic E-state index is 15.2. The van der Waals surface area contributed by atoms with Crippen LogP contribution in [0.5, 0.6) is 0 Å². The minimum atomic E-state index is -0.581. The van der Waals surface area contributed by atoms with Gasteiger partial charge in [-0.05, 0) is 96.1 Å². The number of halogens is 2. The molecule has 0 unspecified atom stereocenters. The maximum Gasteiger partial charge on any atom is 0.407 e. The van der Waals surface area contributed by atoms with Crippen molar-refractivity contribution in [2.45, 2.75) is 77.5 Å². The fourth-order valence-electron chi connectivity index (χ4n) is 5.08. The van der Waals surface area contributed by atoms with Crippen molar-refractivity contribution in [2.24, 2.45) is 0 Å². The van der Waals surface area contributed by atoms with Crippen molar-refractivity contribution in [2.75, 3.05) is 26.2 Å². The molecule has 1 aromatic carbocycles. The molecule has 202 valence electrons. The number of carbonyl (C=O) groups is 2. The molecule has 2 aliphatic rings. The largest absolute Gasteiger partial charge is 0.444 e. The van der Waals surface area contributed by atoms with E-state index in [-0.39, 0.29) is 23.7 Å². The molecule has 2 aromatic rings. The van der Waals surface area contributed by atoms with Gasteiger partial charge in [-0.25, -0.2) is 9.18 Å². The van der Waals surface area contributed by atoms with Crippen LogP contribution in [0, 0.1) is 5.82 Å². The van der Waals surface area contributed by atoms with Crippen LogP contribution in [0.4, 0.5) is 9.18 Å². The van der Waals surface area contributed by atoms with Gasteiger partial charge in [0, 0.05) is 24.0 Å². The molecule has 0 aliphatic carbocycles. The van der Waals surface area contributed by atoms with Crippen LogP contribution in [-0.4, -0.2) is 65.7 Å². The number of likely N-dealkylation sites (tertiary alicyclic amines) is 2. The van der Waals surface area contributed by atoms with E-state index < -0.39 is 11.7 Å². The number of amides is 2. The lowest BCUT2D eigenvalue weighted by Gasteiger charge is -2.34. The number of alkyl carbamates (subject to hydrolysis) is 1. The van der Waals surface area contributed by atoms with Crippen molar-refractivity contribution < 1.29 is 18.7 Å². The molecule has 2 aliphatic heterocycles. The molecule has 1 atom stereocenters. The maximum absolute atomic E-state index is 15.2. The molecule has 0 bridgehead atoms. The Morgan fingerprint density at radius 2 is 1.84 bits per heavy atom. The standard InChI is InChI=1S/C28H37ClFN3O3S/c1-17(2)32-11-8-18(9-12-32)21-7-6-19(14-23(21)30)24-15-22(29)25(37-24)26(34)33-13-10-20(16-33)31-27(35)36-28(3,4)5/h6-7,14-15,17-18,20H,8-13,16H2,1-5H3,(H,31,35)/t20-/m0/s1. The number of benzene rings is 1. The average molecular weight is 550 g/mol. The summed E-state index contributed by atoms with van der Waals surface area (Å²) in [5, 5.41) is 3.19. The minimum absolute atomic E-state index is 0.175. The van der Waals surface area contributed by atoms with Crippen LogP contribution >= 0.6 is 22.9 Å².